The van der Waals surface area contributed by atoms with Gasteiger partial charge in [0.25, 0.3) is 5.91 Å². The van der Waals surface area contributed by atoms with Crippen LogP contribution in [0.5, 0.6) is 5.75 Å². The molecule has 0 bridgehead atoms. The summed E-state index contributed by atoms with van der Waals surface area (Å²) in [6.45, 7) is 9.27. The second kappa shape index (κ2) is 5.87. The van der Waals surface area contributed by atoms with Crippen LogP contribution in [0.3, 0.4) is 0 Å². The van der Waals surface area contributed by atoms with E-state index in [1.807, 2.05) is 33.8 Å². The molecule has 0 heterocycles. The Morgan fingerprint density at radius 3 is 2.53 bits per heavy atom. The van der Waals surface area contributed by atoms with Crippen LogP contribution in [-0.4, -0.2) is 23.8 Å². The number of carbonyl (C=O) groups excluding carboxylic acids is 2. The van der Waals surface area contributed by atoms with Gasteiger partial charge in [0, 0.05) is 5.54 Å². The van der Waals surface area contributed by atoms with Gasteiger partial charge in [0.15, 0.2) is 12.4 Å². The van der Waals surface area contributed by atoms with E-state index >= 15 is 0 Å². The summed E-state index contributed by atoms with van der Waals surface area (Å²) in [5, 5.41) is 2.84. The van der Waals surface area contributed by atoms with E-state index < -0.39 is 6.10 Å². The molecule has 0 aliphatic heterocycles. The maximum absolute atomic E-state index is 11.9. The Morgan fingerprint density at radius 2 is 2.00 bits per heavy atom. The van der Waals surface area contributed by atoms with Gasteiger partial charge in [-0.25, -0.2) is 0 Å². The molecule has 0 aliphatic carbocycles. The number of hydrogen-bond acceptors (Lipinski definition) is 3. The number of amides is 1. The SMILES string of the molecule is Cc1ccc(OC(C)C(=O)NC(C)(C)C)c(C=O)c1. The lowest BCUT2D eigenvalue weighted by atomic mass is 10.1. The molecule has 1 aromatic rings. The summed E-state index contributed by atoms with van der Waals surface area (Å²) < 4.78 is 5.56. The minimum atomic E-state index is -0.652. The second-order valence-corrected chi connectivity index (χ2v) is 5.66. The highest BCUT2D eigenvalue weighted by Crippen LogP contribution is 2.19. The van der Waals surface area contributed by atoms with Gasteiger partial charge in [0.05, 0.1) is 5.56 Å². The average molecular weight is 263 g/mol. The van der Waals surface area contributed by atoms with Crippen molar-refractivity contribution in [2.24, 2.45) is 0 Å². The van der Waals surface area contributed by atoms with Gasteiger partial charge in [-0.2, -0.15) is 0 Å². The van der Waals surface area contributed by atoms with Gasteiger partial charge in [-0.3, -0.25) is 9.59 Å². The molecule has 0 aromatic heterocycles. The Morgan fingerprint density at radius 1 is 1.37 bits per heavy atom. The predicted molar refractivity (Wildman–Crippen MR) is 74.6 cm³/mol. The number of hydrogen-bond donors (Lipinski definition) is 1. The van der Waals surface area contributed by atoms with Crippen LogP contribution in [0, 0.1) is 6.92 Å². The molecular weight excluding hydrogens is 242 g/mol. The summed E-state index contributed by atoms with van der Waals surface area (Å²) in [6, 6.07) is 5.29. The van der Waals surface area contributed by atoms with E-state index in [2.05, 4.69) is 5.32 Å². The summed E-state index contributed by atoms with van der Waals surface area (Å²) >= 11 is 0. The summed E-state index contributed by atoms with van der Waals surface area (Å²) in [5.74, 6) is 0.224. The highest BCUT2D eigenvalue weighted by molar-refractivity contribution is 5.83. The van der Waals surface area contributed by atoms with Crippen molar-refractivity contribution in [3.63, 3.8) is 0 Å². The van der Waals surface area contributed by atoms with Crippen LogP contribution in [0.25, 0.3) is 0 Å². The van der Waals surface area contributed by atoms with Gasteiger partial charge in [-0.05, 0) is 46.8 Å². The molecule has 1 atom stereocenters. The molecule has 0 fully saturated rings. The highest BCUT2D eigenvalue weighted by Gasteiger charge is 2.21. The molecule has 0 aliphatic rings. The molecule has 19 heavy (non-hydrogen) atoms. The lowest BCUT2D eigenvalue weighted by Gasteiger charge is -2.24. The monoisotopic (exact) mass is 263 g/mol. The molecule has 1 N–H and O–H groups in total. The van der Waals surface area contributed by atoms with Crippen LogP contribution in [0.1, 0.15) is 43.6 Å². The summed E-state index contributed by atoms with van der Waals surface area (Å²) in [6.07, 6.45) is 0.0807. The average Bonchev–Trinajstić information content (AvgIpc) is 2.29. The molecule has 0 saturated carbocycles. The van der Waals surface area contributed by atoms with E-state index in [9.17, 15) is 9.59 Å². The van der Waals surface area contributed by atoms with Crippen LogP contribution in [-0.2, 0) is 4.79 Å². The maximum Gasteiger partial charge on any atom is 0.261 e. The lowest BCUT2D eigenvalue weighted by Crippen LogP contribution is -2.46. The van der Waals surface area contributed by atoms with Crippen molar-refractivity contribution >= 4 is 12.2 Å². The largest absolute Gasteiger partial charge is 0.480 e. The van der Waals surface area contributed by atoms with Crippen LogP contribution in [0.2, 0.25) is 0 Å². The van der Waals surface area contributed by atoms with Crippen LogP contribution in [0.4, 0.5) is 0 Å². The zero-order valence-electron chi connectivity index (χ0n) is 12.1. The Hall–Kier alpha value is -1.84. The van der Waals surface area contributed by atoms with Gasteiger partial charge >= 0.3 is 0 Å². The third-order valence-corrected chi connectivity index (χ3v) is 2.46. The summed E-state index contributed by atoms with van der Waals surface area (Å²) in [4.78, 5) is 22.9. The van der Waals surface area contributed by atoms with Gasteiger partial charge in [-0.15, -0.1) is 0 Å². The molecule has 1 aromatic carbocycles. The number of benzene rings is 1. The van der Waals surface area contributed by atoms with Crippen molar-refractivity contribution in [3.05, 3.63) is 29.3 Å². The van der Waals surface area contributed by atoms with Crippen molar-refractivity contribution in [2.75, 3.05) is 0 Å². The molecule has 1 rings (SSSR count). The summed E-state index contributed by atoms with van der Waals surface area (Å²) in [7, 11) is 0. The molecule has 104 valence electrons. The maximum atomic E-state index is 11.9. The van der Waals surface area contributed by atoms with Gasteiger partial charge < -0.3 is 10.1 Å². The molecule has 1 unspecified atom stereocenters. The lowest BCUT2D eigenvalue weighted by molar-refractivity contribution is -0.128. The number of nitrogens with one attached hydrogen (secondary N) is 1. The smallest absolute Gasteiger partial charge is 0.261 e. The topological polar surface area (TPSA) is 55.4 Å². The Bertz CT molecular complexity index is 475. The van der Waals surface area contributed by atoms with E-state index in [0.29, 0.717) is 11.3 Å². The number of carbonyl (C=O) groups is 2. The van der Waals surface area contributed by atoms with Crippen LogP contribution in [0.15, 0.2) is 18.2 Å². The molecule has 0 saturated heterocycles. The summed E-state index contributed by atoms with van der Waals surface area (Å²) in [5.41, 5.74) is 1.12. The first kappa shape index (κ1) is 15.2. The molecule has 0 spiro atoms. The third kappa shape index (κ3) is 4.73. The van der Waals surface area contributed by atoms with Crippen LogP contribution < -0.4 is 10.1 Å². The highest BCUT2D eigenvalue weighted by atomic mass is 16.5. The zero-order chi connectivity index (χ0) is 14.6. The Kier molecular flexibility index (Phi) is 4.70. The predicted octanol–water partition coefficient (Wildman–Crippen LogP) is 2.49. The van der Waals surface area contributed by atoms with E-state index in [0.717, 1.165) is 11.8 Å². The van der Waals surface area contributed by atoms with Crippen molar-refractivity contribution in [2.45, 2.75) is 46.3 Å². The fraction of sp³-hybridized carbons (Fsp3) is 0.467. The van der Waals surface area contributed by atoms with Crippen molar-refractivity contribution in [3.8, 4) is 5.75 Å². The first-order valence-electron chi connectivity index (χ1n) is 6.27. The fourth-order valence-electron chi connectivity index (χ4n) is 1.58. The number of rotatable bonds is 4. The van der Waals surface area contributed by atoms with Crippen LogP contribution >= 0.6 is 0 Å². The molecule has 0 radical (unpaired) electrons. The first-order valence-corrected chi connectivity index (χ1v) is 6.27. The molecule has 4 heteroatoms. The molecule has 4 nitrogen and oxygen atoms in total. The fourth-order valence-corrected chi connectivity index (χ4v) is 1.58. The van der Waals surface area contributed by atoms with E-state index in [-0.39, 0.29) is 11.4 Å². The number of aldehydes is 1. The van der Waals surface area contributed by atoms with Gasteiger partial charge in [-0.1, -0.05) is 11.6 Å². The first-order chi connectivity index (χ1) is 8.73. The zero-order valence-corrected chi connectivity index (χ0v) is 12.1. The normalized spacial score (nSPS) is 12.7. The Balaban J connectivity index is 2.79. The van der Waals surface area contributed by atoms with E-state index in [1.54, 1.807) is 19.1 Å². The number of ether oxygens (including phenoxy) is 1. The van der Waals surface area contributed by atoms with E-state index in [4.69, 9.17) is 4.74 Å². The van der Waals surface area contributed by atoms with Gasteiger partial charge in [0.2, 0.25) is 0 Å². The quantitative estimate of drug-likeness (QED) is 0.849. The van der Waals surface area contributed by atoms with Crippen molar-refractivity contribution in [1.82, 2.24) is 5.32 Å². The standard InChI is InChI=1S/C15H21NO3/c1-10-6-7-13(12(8-10)9-17)19-11(2)14(18)16-15(3,4)5/h6-9,11H,1-5H3,(H,16,18). The number of aryl methyl sites for hydroxylation is 1. The Labute approximate surface area is 114 Å². The van der Waals surface area contributed by atoms with Gasteiger partial charge in [0.1, 0.15) is 5.75 Å². The molecule has 1 amide bonds. The minimum absolute atomic E-state index is 0.204. The van der Waals surface area contributed by atoms with E-state index in [1.165, 1.54) is 0 Å². The minimum Gasteiger partial charge on any atom is -0.480 e. The third-order valence-electron chi connectivity index (χ3n) is 2.46. The van der Waals surface area contributed by atoms with Crippen molar-refractivity contribution in [1.29, 1.82) is 0 Å². The van der Waals surface area contributed by atoms with Crippen molar-refractivity contribution < 1.29 is 14.3 Å². The molecular formula is C15H21NO3. The second-order valence-electron chi connectivity index (χ2n) is 5.66.